The van der Waals surface area contributed by atoms with Crippen LogP contribution in [0.5, 0.6) is 0 Å². The number of hydrogen-bond acceptors (Lipinski definition) is 6. The topological polar surface area (TPSA) is 178 Å². The third-order valence-corrected chi connectivity index (χ3v) is 9.29. The van der Waals surface area contributed by atoms with Crippen LogP contribution in [-0.4, -0.2) is 75.3 Å². The Morgan fingerprint density at radius 2 is 1.62 bits per heavy atom. The molecule has 3 aromatic rings. The number of aryl methyl sites for hydroxylation is 3. The number of carbonyl (C=O) groups excluding carboxylic acids is 4. The van der Waals surface area contributed by atoms with E-state index in [4.69, 9.17) is 0 Å². The summed E-state index contributed by atoms with van der Waals surface area (Å²) in [7, 11) is 0. The van der Waals surface area contributed by atoms with Crippen LogP contribution in [0.2, 0.25) is 0 Å². The molecule has 5 rings (SSSR count). The minimum atomic E-state index is -0.733. The largest absolute Gasteiger partial charge is 0.354 e. The van der Waals surface area contributed by atoms with Crippen molar-refractivity contribution in [3.63, 3.8) is 0 Å². The molecule has 1 aromatic carbocycles. The highest BCUT2D eigenvalue weighted by atomic mass is 16.2. The molecule has 0 unspecified atom stereocenters. The number of rotatable bonds is 3. The fourth-order valence-corrected chi connectivity index (χ4v) is 6.35. The zero-order chi connectivity index (χ0) is 33.5. The lowest BCUT2D eigenvalue weighted by Crippen LogP contribution is -2.50. The van der Waals surface area contributed by atoms with Gasteiger partial charge in [0.25, 0.3) is 17.4 Å². The van der Waals surface area contributed by atoms with E-state index < -0.39 is 17.5 Å². The average molecular weight is 648 g/mol. The van der Waals surface area contributed by atoms with E-state index >= 15 is 0 Å². The number of hydrogen-bond donors (Lipinski definition) is 5. The monoisotopic (exact) mass is 647 g/mol. The predicted molar refractivity (Wildman–Crippen MR) is 177 cm³/mol. The number of aromatic amines is 2. The summed E-state index contributed by atoms with van der Waals surface area (Å²) in [6, 6.07) is 5.97. The molecule has 0 saturated heterocycles. The minimum absolute atomic E-state index is 0.0732. The van der Waals surface area contributed by atoms with Crippen molar-refractivity contribution in [1.82, 2.24) is 35.4 Å². The molecule has 2 aromatic heterocycles. The van der Waals surface area contributed by atoms with E-state index in [9.17, 15) is 28.8 Å². The van der Waals surface area contributed by atoms with Gasteiger partial charge >= 0.3 is 5.69 Å². The molecule has 5 N–H and O–H groups in total. The van der Waals surface area contributed by atoms with E-state index in [-0.39, 0.29) is 60.9 Å². The molecular formula is C34H45N7O6. The van der Waals surface area contributed by atoms with Crippen molar-refractivity contribution in [1.29, 1.82) is 0 Å². The molecule has 13 heteroatoms. The lowest BCUT2D eigenvalue weighted by Gasteiger charge is -2.25. The number of aromatic nitrogens is 3. The van der Waals surface area contributed by atoms with Crippen LogP contribution in [0.3, 0.4) is 0 Å². The second kappa shape index (κ2) is 15.3. The second-order valence-corrected chi connectivity index (χ2v) is 12.6. The van der Waals surface area contributed by atoms with Gasteiger partial charge in [0, 0.05) is 50.4 Å². The summed E-state index contributed by atoms with van der Waals surface area (Å²) in [5.74, 6) is -1.45. The summed E-state index contributed by atoms with van der Waals surface area (Å²) in [4.78, 5) is 85.9. The highest BCUT2D eigenvalue weighted by Crippen LogP contribution is 2.20. The molecule has 4 amide bonds. The summed E-state index contributed by atoms with van der Waals surface area (Å²) in [6.07, 6.45) is 5.54. The second-order valence-electron chi connectivity index (χ2n) is 12.6. The van der Waals surface area contributed by atoms with Crippen LogP contribution >= 0.6 is 0 Å². The van der Waals surface area contributed by atoms with Gasteiger partial charge in [-0.25, -0.2) is 4.79 Å². The van der Waals surface area contributed by atoms with E-state index in [0.717, 1.165) is 36.9 Å². The average Bonchev–Trinajstić information content (AvgIpc) is 3.38. The molecule has 1 aliphatic carbocycles. The minimum Gasteiger partial charge on any atom is -0.354 e. The quantitative estimate of drug-likeness (QED) is 0.290. The highest BCUT2D eigenvalue weighted by molar-refractivity contribution is 5.97. The number of amides is 4. The first-order valence-corrected chi connectivity index (χ1v) is 16.8. The van der Waals surface area contributed by atoms with Gasteiger partial charge in [-0.3, -0.25) is 28.5 Å². The molecule has 252 valence electrons. The van der Waals surface area contributed by atoms with Crippen LogP contribution in [0.1, 0.15) is 90.8 Å². The van der Waals surface area contributed by atoms with Gasteiger partial charge < -0.3 is 30.8 Å². The number of fused-ring (bicyclic) bond motifs is 2. The Kier molecular flexibility index (Phi) is 10.9. The van der Waals surface area contributed by atoms with Gasteiger partial charge in [0.15, 0.2) is 0 Å². The number of benzene rings is 1. The van der Waals surface area contributed by atoms with Crippen LogP contribution in [-0.2, 0) is 29.0 Å². The molecular weight excluding hydrogens is 602 g/mol. The zero-order valence-corrected chi connectivity index (χ0v) is 27.2. The Bertz CT molecular complexity index is 1760. The predicted octanol–water partition coefficient (Wildman–Crippen LogP) is 1.99. The molecule has 0 saturated carbocycles. The summed E-state index contributed by atoms with van der Waals surface area (Å²) in [6.45, 7) is 5.21. The van der Waals surface area contributed by atoms with E-state index in [0.29, 0.717) is 55.4 Å². The van der Waals surface area contributed by atoms with Crippen molar-refractivity contribution in [3.05, 3.63) is 67.5 Å². The van der Waals surface area contributed by atoms with Gasteiger partial charge in [-0.2, -0.15) is 0 Å². The summed E-state index contributed by atoms with van der Waals surface area (Å²) in [5.41, 5.74) is 2.77. The van der Waals surface area contributed by atoms with Crippen LogP contribution in [0.15, 0.2) is 33.9 Å². The van der Waals surface area contributed by atoms with Crippen molar-refractivity contribution in [2.75, 3.05) is 26.2 Å². The maximum absolute atomic E-state index is 13.7. The standard InChI is InChI=1S/C34H45N7O6/c1-3-21(2)29-32(45)36-15-8-18-41-27-20-23(12-13-26(27)38-34(41)47)30(43)35-14-7-17-40(16-6-11-28(42)39-29)33(46)24-19-22-9-4-5-10-25(22)37-31(24)44/h12-13,19-21,29H,3-11,14-18H2,1-2H3,(H,35,43)(H,36,45)(H,37,44)(H,38,47)(H,39,42)/t21-,29-/m0/s1. The van der Waals surface area contributed by atoms with Gasteiger partial charge in [-0.05, 0) is 80.7 Å². The number of nitrogens with one attached hydrogen (secondary N) is 5. The molecule has 13 nitrogen and oxygen atoms in total. The normalized spacial score (nSPS) is 19.7. The smallest absolute Gasteiger partial charge is 0.326 e. The van der Waals surface area contributed by atoms with Gasteiger partial charge in [0.2, 0.25) is 11.8 Å². The van der Waals surface area contributed by atoms with Gasteiger partial charge in [0.1, 0.15) is 11.6 Å². The fraction of sp³-hybridized carbons (Fsp3) is 0.529. The van der Waals surface area contributed by atoms with Crippen LogP contribution < -0.4 is 27.2 Å². The first-order chi connectivity index (χ1) is 22.7. The SMILES string of the molecule is CC[C@H](C)[C@@H]1NC(=O)CCCN(C(=O)c2cc3c([nH]c2=O)CCCC3)CCCNC(=O)c2ccc3[nH]c(=O)n(c3c2)CCCNC1=O. The number of carbonyl (C=O) groups is 4. The Balaban J connectivity index is 1.38. The zero-order valence-electron chi connectivity index (χ0n) is 27.2. The number of nitrogens with zero attached hydrogens (tertiary/aromatic N) is 2. The number of pyridine rings is 1. The summed E-state index contributed by atoms with van der Waals surface area (Å²) in [5, 5.41) is 8.67. The van der Waals surface area contributed by atoms with Gasteiger partial charge in [0.05, 0.1) is 11.0 Å². The molecule has 0 fully saturated rings. The maximum atomic E-state index is 13.7. The van der Waals surface area contributed by atoms with Crippen molar-refractivity contribution in [3.8, 4) is 0 Å². The number of H-pyrrole nitrogens is 2. The maximum Gasteiger partial charge on any atom is 0.326 e. The Morgan fingerprint density at radius 3 is 2.43 bits per heavy atom. The fourth-order valence-electron chi connectivity index (χ4n) is 6.35. The number of imidazole rings is 1. The molecule has 2 atom stereocenters. The van der Waals surface area contributed by atoms with Crippen molar-refractivity contribution < 1.29 is 19.2 Å². The van der Waals surface area contributed by atoms with Crippen LogP contribution in [0.25, 0.3) is 11.0 Å². The van der Waals surface area contributed by atoms with Crippen LogP contribution in [0, 0.1) is 5.92 Å². The van der Waals surface area contributed by atoms with Crippen molar-refractivity contribution >= 4 is 34.7 Å². The van der Waals surface area contributed by atoms with E-state index in [1.165, 1.54) is 0 Å². The molecule has 3 heterocycles. The highest BCUT2D eigenvalue weighted by Gasteiger charge is 2.26. The van der Waals surface area contributed by atoms with E-state index in [2.05, 4.69) is 25.9 Å². The lowest BCUT2D eigenvalue weighted by atomic mass is 9.95. The van der Waals surface area contributed by atoms with Gasteiger partial charge in [-0.1, -0.05) is 20.3 Å². The van der Waals surface area contributed by atoms with Crippen molar-refractivity contribution in [2.45, 2.75) is 84.2 Å². The van der Waals surface area contributed by atoms with Crippen molar-refractivity contribution in [2.24, 2.45) is 5.92 Å². The lowest BCUT2D eigenvalue weighted by molar-refractivity contribution is -0.130. The summed E-state index contributed by atoms with van der Waals surface area (Å²) >= 11 is 0. The third-order valence-electron chi connectivity index (χ3n) is 9.29. The Morgan fingerprint density at radius 1 is 0.872 bits per heavy atom. The first kappa shape index (κ1) is 33.7. The third kappa shape index (κ3) is 8.01. The Labute approximate surface area is 272 Å². The molecule has 1 aliphatic heterocycles. The molecule has 2 bridgehead atoms. The first-order valence-electron chi connectivity index (χ1n) is 16.8. The molecule has 47 heavy (non-hydrogen) atoms. The molecule has 2 aliphatic rings. The Hall–Kier alpha value is -4.68. The van der Waals surface area contributed by atoms with E-state index in [1.54, 1.807) is 33.7 Å². The molecule has 0 radical (unpaired) electrons. The molecule has 0 spiro atoms. The van der Waals surface area contributed by atoms with Gasteiger partial charge in [-0.15, -0.1) is 0 Å². The summed E-state index contributed by atoms with van der Waals surface area (Å²) < 4.78 is 1.54. The van der Waals surface area contributed by atoms with Crippen LogP contribution in [0.4, 0.5) is 0 Å². The van der Waals surface area contributed by atoms with E-state index in [1.807, 2.05) is 13.8 Å².